The number of ether oxygens (including phenoxy) is 1. The molecule has 5 nitrogen and oxygen atoms in total. The zero-order chi connectivity index (χ0) is 26.4. The van der Waals surface area contributed by atoms with Gasteiger partial charge in [0.1, 0.15) is 11.0 Å². The summed E-state index contributed by atoms with van der Waals surface area (Å²) in [5, 5.41) is 12.6. The second-order valence-electron chi connectivity index (χ2n) is 11.0. The van der Waals surface area contributed by atoms with Crippen LogP contribution in [0.25, 0.3) is 0 Å². The van der Waals surface area contributed by atoms with Gasteiger partial charge in [0.05, 0.1) is 11.1 Å². The van der Waals surface area contributed by atoms with Gasteiger partial charge in [-0.15, -0.1) is 24.0 Å². The van der Waals surface area contributed by atoms with Gasteiger partial charge in [-0.1, -0.05) is 31.5 Å². The fraction of sp³-hybridized carbons (Fsp3) is 0.577. The highest BCUT2D eigenvalue weighted by atomic mass is 35.5. The maximum absolute atomic E-state index is 17.3. The molecule has 0 bridgehead atoms. The first-order chi connectivity index (χ1) is 16.7. The molecule has 1 aromatic heterocycles. The number of hydrogen-bond acceptors (Lipinski definition) is 6. The molecule has 1 N–H and O–H groups in total. The Morgan fingerprint density at radius 3 is 2.58 bits per heavy atom. The van der Waals surface area contributed by atoms with Crippen molar-refractivity contribution in [1.29, 1.82) is 0 Å². The van der Waals surface area contributed by atoms with Gasteiger partial charge in [-0.2, -0.15) is 0 Å². The number of carbonyl (C=O) groups excluding carboxylic acids is 3. The maximum Gasteiger partial charge on any atom is 0.350 e. The van der Waals surface area contributed by atoms with Crippen molar-refractivity contribution in [2.75, 3.05) is 0 Å². The first-order valence-corrected chi connectivity index (χ1v) is 13.6. The number of thiol groups is 1. The van der Waals surface area contributed by atoms with Crippen molar-refractivity contribution in [3.05, 3.63) is 45.1 Å². The highest BCUT2D eigenvalue weighted by Gasteiger charge is 2.78. The standard InChI is InChI=1S/C26H27ClF2O5S2/c1-12-8-14-15-10-18(28)16-9-13(30)4-6-23(16,2)25(15,29)19(31)11-24(14,3)26(12,22(33)35)34-21(32)20-17(27)5-7-36-20/h4-7,9,12,14-15,18-19,31H,8,10-11H2,1-3H3,(H,33,35)/t12-,14+,15+,18+,19+,23+,24+,25+,26+/m1/s1. The molecule has 4 aliphatic carbocycles. The van der Waals surface area contributed by atoms with E-state index in [1.54, 1.807) is 25.3 Å². The lowest BCUT2D eigenvalue weighted by Crippen LogP contribution is -2.70. The van der Waals surface area contributed by atoms with Crippen LogP contribution in [0, 0.1) is 28.6 Å². The predicted octanol–water partition coefficient (Wildman–Crippen LogP) is 5.32. The van der Waals surface area contributed by atoms with Crippen LogP contribution in [0.5, 0.6) is 0 Å². The summed E-state index contributed by atoms with van der Waals surface area (Å²) < 4.78 is 38.9. The van der Waals surface area contributed by atoms with Gasteiger partial charge in [0.2, 0.25) is 5.12 Å². The number of aliphatic hydroxyl groups is 1. The summed E-state index contributed by atoms with van der Waals surface area (Å²) in [5.41, 5.74) is -6.81. The minimum absolute atomic E-state index is 0.0257. The van der Waals surface area contributed by atoms with Gasteiger partial charge in [0.25, 0.3) is 0 Å². The largest absolute Gasteiger partial charge is 0.445 e. The third-order valence-corrected chi connectivity index (χ3v) is 11.2. The van der Waals surface area contributed by atoms with Gasteiger partial charge in [0, 0.05) is 22.7 Å². The summed E-state index contributed by atoms with van der Waals surface area (Å²) in [6, 6.07) is 1.54. The quantitative estimate of drug-likeness (QED) is 0.389. The van der Waals surface area contributed by atoms with Crippen LogP contribution in [0.15, 0.2) is 35.2 Å². The van der Waals surface area contributed by atoms with E-state index in [9.17, 15) is 19.5 Å². The van der Waals surface area contributed by atoms with Gasteiger partial charge in [-0.25, -0.2) is 13.6 Å². The van der Waals surface area contributed by atoms with Crippen LogP contribution in [0.1, 0.15) is 49.7 Å². The fourth-order valence-corrected chi connectivity index (χ4v) is 9.40. The average Bonchev–Trinajstić information content (AvgIpc) is 3.32. The van der Waals surface area contributed by atoms with Crippen molar-refractivity contribution in [3.8, 4) is 0 Å². The summed E-state index contributed by atoms with van der Waals surface area (Å²) in [6.07, 6.45) is 0.283. The number of halogens is 3. The Labute approximate surface area is 222 Å². The molecule has 1 heterocycles. The maximum atomic E-state index is 17.3. The zero-order valence-corrected chi connectivity index (χ0v) is 22.4. The van der Waals surface area contributed by atoms with E-state index < -0.39 is 69.0 Å². The van der Waals surface area contributed by atoms with E-state index in [-0.39, 0.29) is 34.7 Å². The summed E-state index contributed by atoms with van der Waals surface area (Å²) >= 11 is 11.3. The number of fused-ring (bicyclic) bond motifs is 5. The third-order valence-electron chi connectivity index (χ3n) is 9.54. The van der Waals surface area contributed by atoms with Crippen molar-refractivity contribution in [2.45, 2.75) is 63.6 Å². The normalized spacial score (nSPS) is 45.4. The number of carbonyl (C=O) groups is 3. The van der Waals surface area contributed by atoms with Crippen molar-refractivity contribution in [3.63, 3.8) is 0 Å². The SMILES string of the molecule is C[C@@H]1C[C@H]2[C@@H]3C[C@H](F)C4=CC(=O)C=C[C@]4(C)[C@@]3(F)[C@@H](O)C[C@]2(C)[C@@]1(OC(=O)c1sccc1Cl)C(=O)S. The first-order valence-electron chi connectivity index (χ1n) is 11.9. The minimum Gasteiger partial charge on any atom is -0.445 e. The Hall–Kier alpha value is -1.55. The summed E-state index contributed by atoms with van der Waals surface area (Å²) in [7, 11) is 0. The molecule has 194 valence electrons. The van der Waals surface area contributed by atoms with E-state index in [0.29, 0.717) is 0 Å². The monoisotopic (exact) mass is 556 g/mol. The highest BCUT2D eigenvalue weighted by Crippen LogP contribution is 2.71. The van der Waals surface area contributed by atoms with Crippen LogP contribution < -0.4 is 0 Å². The molecule has 3 fully saturated rings. The topological polar surface area (TPSA) is 80.7 Å². The number of hydrogen-bond donors (Lipinski definition) is 2. The Morgan fingerprint density at radius 1 is 1.28 bits per heavy atom. The molecule has 0 radical (unpaired) electrons. The van der Waals surface area contributed by atoms with E-state index >= 15 is 8.78 Å². The van der Waals surface area contributed by atoms with Gasteiger partial charge in [0.15, 0.2) is 17.1 Å². The second-order valence-corrected chi connectivity index (χ2v) is 12.8. The Kier molecular flexibility index (Phi) is 5.96. The molecule has 4 aliphatic rings. The van der Waals surface area contributed by atoms with Crippen molar-refractivity contribution < 1.29 is 33.0 Å². The summed E-state index contributed by atoms with van der Waals surface area (Å²) in [5.74, 6) is -3.40. The van der Waals surface area contributed by atoms with E-state index in [4.69, 9.17) is 16.3 Å². The van der Waals surface area contributed by atoms with Crippen LogP contribution in [-0.2, 0) is 14.3 Å². The Morgan fingerprint density at radius 2 is 1.97 bits per heavy atom. The van der Waals surface area contributed by atoms with Crippen molar-refractivity contribution in [2.24, 2.45) is 28.6 Å². The third kappa shape index (κ3) is 3.06. The van der Waals surface area contributed by atoms with Gasteiger partial charge >= 0.3 is 5.97 Å². The summed E-state index contributed by atoms with van der Waals surface area (Å²) in [6.45, 7) is 4.94. The first kappa shape index (κ1) is 26.1. The van der Waals surface area contributed by atoms with Gasteiger partial charge in [-0.3, -0.25) is 9.59 Å². The van der Waals surface area contributed by atoms with Crippen LogP contribution in [-0.4, -0.2) is 45.5 Å². The molecule has 0 amide bonds. The summed E-state index contributed by atoms with van der Waals surface area (Å²) in [4.78, 5) is 38.5. The smallest absolute Gasteiger partial charge is 0.350 e. The molecule has 3 saturated carbocycles. The zero-order valence-electron chi connectivity index (χ0n) is 20.0. The molecular weight excluding hydrogens is 530 g/mol. The molecule has 1 aromatic rings. The van der Waals surface area contributed by atoms with Crippen LogP contribution in [0.3, 0.4) is 0 Å². The molecular formula is C26H27ClF2O5S2. The molecule has 0 spiro atoms. The van der Waals surface area contributed by atoms with Gasteiger partial charge < -0.3 is 9.84 Å². The lowest BCUT2D eigenvalue weighted by atomic mass is 9.44. The molecule has 9 atom stereocenters. The second kappa shape index (κ2) is 8.22. The number of alkyl halides is 2. The van der Waals surface area contributed by atoms with E-state index in [1.165, 1.54) is 19.1 Å². The highest BCUT2D eigenvalue weighted by molar-refractivity contribution is 7.96. The lowest BCUT2D eigenvalue weighted by Gasteiger charge is -2.63. The van der Waals surface area contributed by atoms with Gasteiger partial charge in [-0.05, 0) is 61.3 Å². The lowest BCUT2D eigenvalue weighted by molar-refractivity contribution is -0.221. The van der Waals surface area contributed by atoms with Crippen LogP contribution >= 0.6 is 35.6 Å². The molecule has 10 heteroatoms. The predicted molar refractivity (Wildman–Crippen MR) is 135 cm³/mol. The molecule has 0 aromatic carbocycles. The van der Waals surface area contributed by atoms with E-state index in [0.717, 1.165) is 17.4 Å². The van der Waals surface area contributed by atoms with Crippen molar-refractivity contribution in [1.82, 2.24) is 0 Å². The Balaban J connectivity index is 1.62. The fourth-order valence-electron chi connectivity index (χ4n) is 7.87. The number of esters is 1. The Bertz CT molecular complexity index is 1230. The number of ketones is 1. The average molecular weight is 557 g/mol. The molecule has 0 unspecified atom stereocenters. The molecule has 0 saturated heterocycles. The number of aliphatic hydroxyl groups excluding tert-OH is 1. The number of allylic oxidation sites excluding steroid dienone is 4. The molecule has 5 rings (SSSR count). The number of rotatable bonds is 3. The van der Waals surface area contributed by atoms with Crippen LogP contribution in [0.2, 0.25) is 5.02 Å². The molecule has 36 heavy (non-hydrogen) atoms. The van der Waals surface area contributed by atoms with Crippen LogP contribution in [0.4, 0.5) is 8.78 Å². The minimum atomic E-state index is -2.29. The van der Waals surface area contributed by atoms with E-state index in [2.05, 4.69) is 12.6 Å². The van der Waals surface area contributed by atoms with E-state index in [1.807, 2.05) is 0 Å². The molecule has 0 aliphatic heterocycles. The number of thiophene rings is 1. The van der Waals surface area contributed by atoms with Crippen molar-refractivity contribution >= 4 is 52.4 Å².